The Morgan fingerprint density at radius 3 is 1.91 bits per heavy atom. The zero-order chi connectivity index (χ0) is 24.8. The Balaban J connectivity index is 1.61. The molecule has 2 unspecified atom stereocenters. The molecule has 0 radical (unpaired) electrons. The number of carbonyl (C=O) groups is 1. The van der Waals surface area contributed by atoms with E-state index in [0.29, 0.717) is 26.1 Å². The fourth-order valence-corrected chi connectivity index (χ4v) is 5.21. The van der Waals surface area contributed by atoms with Gasteiger partial charge in [0.25, 0.3) is 0 Å². The van der Waals surface area contributed by atoms with E-state index in [-0.39, 0.29) is 11.9 Å². The molecule has 2 atom stereocenters. The molecule has 4 rings (SSSR count). The lowest BCUT2D eigenvalue weighted by atomic mass is 9.89. The fourth-order valence-electron chi connectivity index (χ4n) is 4.71. The predicted octanol–water partition coefficient (Wildman–Crippen LogP) is 3.91. The molecular weight excluding hydrogens is 464 g/mol. The van der Waals surface area contributed by atoms with Gasteiger partial charge in [-0.15, -0.1) is 0 Å². The number of nitrogens with zero attached hydrogens (tertiary/aromatic N) is 2. The summed E-state index contributed by atoms with van der Waals surface area (Å²) in [6.07, 6.45) is -0.126. The van der Waals surface area contributed by atoms with Crippen molar-refractivity contribution in [3.63, 3.8) is 0 Å². The molecule has 0 bridgehead atoms. The minimum atomic E-state index is -4.51. The van der Waals surface area contributed by atoms with Crippen LogP contribution in [0.3, 0.4) is 0 Å². The van der Waals surface area contributed by atoms with E-state index in [1.165, 1.54) is 0 Å². The Bertz CT molecular complexity index is 1170. The quantitative estimate of drug-likeness (QED) is 0.454. The van der Waals surface area contributed by atoms with Gasteiger partial charge < -0.3 is 4.90 Å². The van der Waals surface area contributed by atoms with Gasteiger partial charge in [0.2, 0.25) is 5.91 Å². The highest BCUT2D eigenvalue weighted by atomic mass is 32.3. The zero-order valence-corrected chi connectivity index (χ0v) is 20.4. The molecule has 3 aromatic carbocycles. The van der Waals surface area contributed by atoms with E-state index in [2.05, 4.69) is 4.90 Å². The Hall–Kier alpha value is -3.04. The van der Waals surface area contributed by atoms with Crippen molar-refractivity contribution < 1.29 is 21.9 Å². The molecule has 7 nitrogen and oxygen atoms in total. The summed E-state index contributed by atoms with van der Waals surface area (Å²) < 4.78 is 36.1. The number of likely N-dealkylation sites (N-methyl/N-ethyl adjacent to an activating group) is 1. The third kappa shape index (κ3) is 6.55. The minimum absolute atomic E-state index is 0.0267. The average molecular weight is 495 g/mol. The van der Waals surface area contributed by atoms with Crippen molar-refractivity contribution in [2.24, 2.45) is 0 Å². The SMILES string of the molecule is CN(C(=O)C(c1ccccc1)c1ccccc1)C(CN1CCC(OS(=O)(=O)O)C1)c1ccccc1. The van der Waals surface area contributed by atoms with E-state index in [1.807, 2.05) is 98.0 Å². The van der Waals surface area contributed by atoms with Crippen molar-refractivity contribution in [1.82, 2.24) is 9.80 Å². The van der Waals surface area contributed by atoms with Crippen LogP contribution in [0.2, 0.25) is 0 Å². The van der Waals surface area contributed by atoms with Gasteiger partial charge in [-0.05, 0) is 23.1 Å². The van der Waals surface area contributed by atoms with Gasteiger partial charge in [0.1, 0.15) is 0 Å². The van der Waals surface area contributed by atoms with Crippen LogP contribution >= 0.6 is 0 Å². The van der Waals surface area contributed by atoms with Gasteiger partial charge >= 0.3 is 10.4 Å². The molecule has 0 spiro atoms. The van der Waals surface area contributed by atoms with E-state index < -0.39 is 22.4 Å². The number of likely N-dealkylation sites (tertiary alicyclic amines) is 1. The minimum Gasteiger partial charge on any atom is -0.337 e. The number of rotatable bonds is 9. The van der Waals surface area contributed by atoms with E-state index in [4.69, 9.17) is 8.74 Å². The van der Waals surface area contributed by atoms with Crippen molar-refractivity contribution >= 4 is 16.3 Å². The highest BCUT2D eigenvalue weighted by Gasteiger charge is 2.34. The van der Waals surface area contributed by atoms with Crippen LogP contribution in [0.5, 0.6) is 0 Å². The Kier molecular flexibility index (Phi) is 7.97. The van der Waals surface area contributed by atoms with E-state index in [9.17, 15) is 13.2 Å². The summed E-state index contributed by atoms with van der Waals surface area (Å²) in [6.45, 7) is 1.46. The van der Waals surface area contributed by atoms with E-state index in [1.54, 1.807) is 4.90 Å². The smallest absolute Gasteiger partial charge is 0.337 e. The van der Waals surface area contributed by atoms with Gasteiger partial charge in [-0.2, -0.15) is 8.42 Å². The van der Waals surface area contributed by atoms with Gasteiger partial charge in [-0.25, -0.2) is 4.18 Å². The van der Waals surface area contributed by atoms with E-state index >= 15 is 0 Å². The van der Waals surface area contributed by atoms with Crippen LogP contribution in [-0.2, 0) is 19.4 Å². The van der Waals surface area contributed by atoms with Gasteiger partial charge in [0.05, 0.1) is 18.1 Å². The van der Waals surface area contributed by atoms with E-state index in [0.717, 1.165) is 16.7 Å². The third-order valence-corrected chi connectivity index (χ3v) is 6.95. The monoisotopic (exact) mass is 494 g/mol. The summed E-state index contributed by atoms with van der Waals surface area (Å²) in [5, 5.41) is 0. The second-order valence-electron chi connectivity index (χ2n) is 8.82. The Morgan fingerprint density at radius 1 is 0.943 bits per heavy atom. The van der Waals surface area contributed by atoms with Crippen molar-refractivity contribution in [2.75, 3.05) is 26.7 Å². The summed E-state index contributed by atoms with van der Waals surface area (Å²) in [5.41, 5.74) is 2.83. The first kappa shape index (κ1) is 25.1. The van der Waals surface area contributed by atoms with Crippen LogP contribution in [0.25, 0.3) is 0 Å². The van der Waals surface area contributed by atoms with Crippen LogP contribution in [0, 0.1) is 0 Å². The van der Waals surface area contributed by atoms with Gasteiger partial charge in [0, 0.05) is 26.7 Å². The van der Waals surface area contributed by atoms with Crippen LogP contribution in [0.1, 0.15) is 35.1 Å². The van der Waals surface area contributed by atoms with Crippen molar-refractivity contribution in [1.29, 1.82) is 0 Å². The molecule has 1 fully saturated rings. The molecule has 184 valence electrons. The highest BCUT2D eigenvalue weighted by molar-refractivity contribution is 7.80. The molecule has 0 saturated carbocycles. The van der Waals surface area contributed by atoms with Gasteiger partial charge in [0.15, 0.2) is 0 Å². The standard InChI is InChI=1S/C27H30N2O5S/c1-28(27(30)26(22-13-7-3-8-14-22)23-15-9-4-10-16-23)25(21-11-5-2-6-12-21)20-29-18-17-24(19-29)34-35(31,32)33/h2-16,24-26H,17-20H2,1H3,(H,31,32,33). The van der Waals surface area contributed by atoms with Crippen molar-refractivity contribution in [3.8, 4) is 0 Å². The number of hydrogen-bond acceptors (Lipinski definition) is 5. The molecular formula is C27H30N2O5S. The molecule has 1 aliphatic heterocycles. The van der Waals surface area contributed by atoms with Gasteiger partial charge in [-0.1, -0.05) is 91.0 Å². The highest BCUT2D eigenvalue weighted by Crippen LogP contribution is 2.31. The predicted molar refractivity (Wildman–Crippen MR) is 134 cm³/mol. The molecule has 1 N–H and O–H groups in total. The topological polar surface area (TPSA) is 87.2 Å². The maximum absolute atomic E-state index is 14.1. The van der Waals surface area contributed by atoms with Crippen molar-refractivity contribution in [3.05, 3.63) is 108 Å². The number of amides is 1. The molecule has 0 aliphatic carbocycles. The second kappa shape index (κ2) is 11.1. The summed E-state index contributed by atoms with van der Waals surface area (Å²) in [5.74, 6) is -0.482. The first-order valence-electron chi connectivity index (χ1n) is 11.6. The Morgan fingerprint density at radius 2 is 1.43 bits per heavy atom. The second-order valence-corrected chi connectivity index (χ2v) is 9.87. The number of benzene rings is 3. The molecule has 0 aromatic heterocycles. The maximum Gasteiger partial charge on any atom is 0.397 e. The molecule has 1 saturated heterocycles. The molecule has 8 heteroatoms. The summed E-state index contributed by atoms with van der Waals surface area (Å²) in [6, 6.07) is 29.1. The average Bonchev–Trinajstić information content (AvgIpc) is 3.29. The largest absolute Gasteiger partial charge is 0.397 e. The van der Waals surface area contributed by atoms with Crippen molar-refractivity contribution in [2.45, 2.75) is 24.5 Å². The lowest BCUT2D eigenvalue weighted by Crippen LogP contribution is -2.41. The third-order valence-electron chi connectivity index (χ3n) is 6.43. The maximum atomic E-state index is 14.1. The molecule has 3 aromatic rings. The normalized spacial score (nSPS) is 17.4. The summed E-state index contributed by atoms with van der Waals surface area (Å²) >= 11 is 0. The first-order valence-corrected chi connectivity index (χ1v) is 13.0. The summed E-state index contributed by atoms with van der Waals surface area (Å²) in [7, 11) is -2.68. The molecule has 35 heavy (non-hydrogen) atoms. The number of hydrogen-bond donors (Lipinski definition) is 1. The zero-order valence-electron chi connectivity index (χ0n) is 19.6. The molecule has 1 heterocycles. The fraction of sp³-hybridized carbons (Fsp3) is 0.296. The summed E-state index contributed by atoms with van der Waals surface area (Å²) in [4.78, 5) is 17.9. The lowest BCUT2D eigenvalue weighted by molar-refractivity contribution is -0.133. The van der Waals surface area contributed by atoms with Crippen LogP contribution in [-0.4, -0.2) is 61.5 Å². The molecule has 1 aliphatic rings. The van der Waals surface area contributed by atoms with Gasteiger partial charge in [-0.3, -0.25) is 14.2 Å². The first-order chi connectivity index (χ1) is 16.8. The lowest BCUT2D eigenvalue weighted by Gasteiger charge is -2.34. The number of carbonyl (C=O) groups excluding carboxylic acids is 1. The van der Waals surface area contributed by atoms with Crippen LogP contribution in [0.15, 0.2) is 91.0 Å². The van der Waals surface area contributed by atoms with Crippen LogP contribution < -0.4 is 0 Å². The molecule has 1 amide bonds. The Labute approximate surface area is 206 Å². The van der Waals surface area contributed by atoms with Crippen LogP contribution in [0.4, 0.5) is 0 Å².